The number of hydrogen-bond acceptors (Lipinski definition) is 7. The van der Waals surface area contributed by atoms with Gasteiger partial charge in [0.05, 0.1) is 11.8 Å². The predicted octanol–water partition coefficient (Wildman–Crippen LogP) is 3.34. The van der Waals surface area contributed by atoms with Gasteiger partial charge in [-0.15, -0.1) is 0 Å². The number of nitriles is 1. The van der Waals surface area contributed by atoms with Crippen LogP contribution in [0.2, 0.25) is 0 Å². The van der Waals surface area contributed by atoms with Gasteiger partial charge in [0.15, 0.2) is 0 Å². The van der Waals surface area contributed by atoms with Gasteiger partial charge in [-0.1, -0.05) is 0 Å². The smallest absolute Gasteiger partial charge is 0.243 e. The van der Waals surface area contributed by atoms with Crippen LogP contribution in [-0.2, 0) is 4.79 Å². The van der Waals surface area contributed by atoms with Crippen molar-refractivity contribution in [1.82, 2.24) is 24.8 Å². The number of amides is 1. The van der Waals surface area contributed by atoms with Crippen LogP contribution in [0.3, 0.4) is 0 Å². The molecule has 4 rings (SSSR count). The first-order valence-corrected chi connectivity index (χ1v) is 10.5. The van der Waals surface area contributed by atoms with Crippen molar-refractivity contribution in [2.45, 2.75) is 58.8 Å². The number of anilines is 2. The van der Waals surface area contributed by atoms with Gasteiger partial charge < -0.3 is 10.2 Å². The van der Waals surface area contributed by atoms with E-state index in [1.807, 2.05) is 37.8 Å². The lowest BCUT2D eigenvalue weighted by atomic mass is 9.68. The van der Waals surface area contributed by atoms with Gasteiger partial charge in [0.1, 0.15) is 17.1 Å². The summed E-state index contributed by atoms with van der Waals surface area (Å²) in [7, 11) is 0. The molecule has 8 heteroatoms. The van der Waals surface area contributed by atoms with Crippen LogP contribution in [0.25, 0.3) is 0 Å². The Morgan fingerprint density at radius 2 is 1.87 bits per heavy atom. The zero-order chi connectivity index (χ0) is 21.3. The number of aromatic nitrogens is 4. The fourth-order valence-electron chi connectivity index (χ4n) is 4.37. The van der Waals surface area contributed by atoms with Crippen molar-refractivity contribution < 1.29 is 4.79 Å². The molecule has 0 spiro atoms. The van der Waals surface area contributed by atoms with Crippen LogP contribution in [0.15, 0.2) is 12.1 Å². The Morgan fingerprint density at radius 3 is 2.50 bits per heavy atom. The highest BCUT2D eigenvalue weighted by atomic mass is 16.2. The molecule has 2 fully saturated rings. The molecule has 156 valence electrons. The van der Waals surface area contributed by atoms with Gasteiger partial charge in [0, 0.05) is 36.5 Å². The maximum absolute atomic E-state index is 13.0. The van der Waals surface area contributed by atoms with E-state index in [9.17, 15) is 10.1 Å². The fourth-order valence-corrected chi connectivity index (χ4v) is 4.37. The van der Waals surface area contributed by atoms with Gasteiger partial charge in [-0.05, 0) is 58.9 Å². The molecule has 2 aromatic heterocycles. The summed E-state index contributed by atoms with van der Waals surface area (Å²) in [6, 6.07) is 6.13. The molecule has 3 heterocycles. The lowest BCUT2D eigenvalue weighted by Crippen LogP contribution is -2.50. The predicted molar refractivity (Wildman–Crippen MR) is 112 cm³/mol. The number of rotatable bonds is 4. The fraction of sp³-hybridized carbons (Fsp3) is 0.545. The molecule has 1 amide bonds. The number of nitrogens with one attached hydrogen (secondary N) is 1. The van der Waals surface area contributed by atoms with Crippen LogP contribution < -0.4 is 5.32 Å². The average molecular weight is 406 g/mol. The summed E-state index contributed by atoms with van der Waals surface area (Å²) in [5, 5.41) is 12.7. The second-order valence-corrected chi connectivity index (χ2v) is 8.46. The first-order chi connectivity index (χ1) is 14.4. The quantitative estimate of drug-likeness (QED) is 0.831. The largest absolute Gasteiger partial charge is 0.341 e. The number of nitrogens with zero attached hydrogens (tertiary/aromatic N) is 6. The van der Waals surface area contributed by atoms with E-state index in [1.54, 1.807) is 0 Å². The van der Waals surface area contributed by atoms with Crippen molar-refractivity contribution in [1.29, 1.82) is 5.26 Å². The number of carbonyl (C=O) groups is 1. The van der Waals surface area contributed by atoms with Crippen LogP contribution in [0.1, 0.15) is 60.9 Å². The van der Waals surface area contributed by atoms with E-state index in [0.717, 1.165) is 36.3 Å². The Bertz CT molecular complexity index is 989. The van der Waals surface area contributed by atoms with Gasteiger partial charge in [-0.25, -0.2) is 19.9 Å². The van der Waals surface area contributed by atoms with E-state index in [2.05, 4.69) is 31.3 Å². The van der Waals surface area contributed by atoms with E-state index in [0.29, 0.717) is 43.5 Å². The van der Waals surface area contributed by atoms with Gasteiger partial charge in [0.2, 0.25) is 11.9 Å². The monoisotopic (exact) mass is 405 g/mol. The van der Waals surface area contributed by atoms with Crippen molar-refractivity contribution in [3.63, 3.8) is 0 Å². The Labute approximate surface area is 176 Å². The molecule has 2 aromatic rings. The summed E-state index contributed by atoms with van der Waals surface area (Å²) >= 11 is 0. The topological polar surface area (TPSA) is 108 Å². The average Bonchev–Trinajstić information content (AvgIpc) is 2.66. The molecular formula is C22H27N7O. The molecule has 1 saturated carbocycles. The van der Waals surface area contributed by atoms with Crippen molar-refractivity contribution in [3.05, 3.63) is 35.0 Å². The van der Waals surface area contributed by atoms with Crippen LogP contribution >= 0.6 is 0 Å². The maximum atomic E-state index is 13.0. The highest BCUT2D eigenvalue weighted by molar-refractivity contribution is 5.86. The minimum absolute atomic E-state index is 0.00582. The number of likely N-dealkylation sites (tertiary alicyclic amines) is 1. The summed E-state index contributed by atoms with van der Waals surface area (Å²) < 4.78 is 0. The summed E-state index contributed by atoms with van der Waals surface area (Å²) in [6.45, 7) is 7.03. The summed E-state index contributed by atoms with van der Waals surface area (Å²) in [6.07, 6.45) is 4.18. The van der Waals surface area contributed by atoms with E-state index >= 15 is 0 Å². The molecule has 1 saturated heterocycles. The van der Waals surface area contributed by atoms with Gasteiger partial charge >= 0.3 is 0 Å². The second kappa shape index (κ2) is 7.98. The molecular weight excluding hydrogens is 378 g/mol. The molecule has 0 aromatic carbocycles. The van der Waals surface area contributed by atoms with Crippen molar-refractivity contribution in [2.24, 2.45) is 5.41 Å². The van der Waals surface area contributed by atoms with E-state index in [-0.39, 0.29) is 11.8 Å². The maximum Gasteiger partial charge on any atom is 0.243 e. The second-order valence-electron chi connectivity index (χ2n) is 8.46. The molecule has 0 bridgehead atoms. The van der Waals surface area contributed by atoms with Crippen LogP contribution in [0.4, 0.5) is 11.8 Å². The van der Waals surface area contributed by atoms with E-state index in [4.69, 9.17) is 0 Å². The third-order valence-corrected chi connectivity index (χ3v) is 6.04. The number of piperidine rings is 1. The highest BCUT2D eigenvalue weighted by Gasteiger charge is 2.47. The molecule has 1 aliphatic heterocycles. The molecule has 2 aliphatic rings. The van der Waals surface area contributed by atoms with Crippen LogP contribution in [0.5, 0.6) is 0 Å². The molecule has 1 atom stereocenters. The van der Waals surface area contributed by atoms with Crippen LogP contribution in [0, 0.1) is 37.5 Å². The Hall–Kier alpha value is -3.08. The highest BCUT2D eigenvalue weighted by Crippen LogP contribution is 2.43. The molecule has 0 radical (unpaired) electrons. The van der Waals surface area contributed by atoms with Gasteiger partial charge in [0.25, 0.3) is 0 Å². The van der Waals surface area contributed by atoms with Crippen molar-refractivity contribution in [2.75, 3.05) is 18.4 Å². The molecule has 1 N–H and O–H groups in total. The van der Waals surface area contributed by atoms with Gasteiger partial charge in [-0.3, -0.25) is 4.79 Å². The van der Waals surface area contributed by atoms with E-state index < -0.39 is 5.41 Å². The number of hydrogen-bond donors (Lipinski definition) is 1. The van der Waals surface area contributed by atoms with Crippen molar-refractivity contribution in [3.8, 4) is 6.07 Å². The molecule has 30 heavy (non-hydrogen) atoms. The Balaban J connectivity index is 1.53. The normalized spacial score (nSPS) is 20.2. The Morgan fingerprint density at radius 1 is 1.13 bits per heavy atom. The van der Waals surface area contributed by atoms with Crippen LogP contribution in [-0.4, -0.2) is 43.8 Å². The van der Waals surface area contributed by atoms with E-state index in [1.165, 1.54) is 0 Å². The molecule has 8 nitrogen and oxygen atoms in total. The Kier molecular flexibility index (Phi) is 5.37. The molecule has 1 aliphatic carbocycles. The first-order valence-electron chi connectivity index (χ1n) is 10.5. The van der Waals surface area contributed by atoms with Crippen molar-refractivity contribution >= 4 is 17.7 Å². The first kappa shape index (κ1) is 20.2. The zero-order valence-corrected chi connectivity index (χ0v) is 17.8. The summed E-state index contributed by atoms with van der Waals surface area (Å²) in [4.78, 5) is 32.8. The third kappa shape index (κ3) is 3.97. The standard InChI is InChI=1S/C22H27N7O/c1-14-10-15(2)25-21(24-14)28-19-11-18(26-16(3)27-19)17-6-4-9-29(12-17)20(30)22(13-23)7-5-8-22/h10-11,17H,4-9,12H2,1-3H3,(H,24,25,26,27,28). The lowest BCUT2D eigenvalue weighted by Gasteiger charge is -2.41. The van der Waals surface area contributed by atoms with Gasteiger partial charge in [-0.2, -0.15) is 5.26 Å². The summed E-state index contributed by atoms with van der Waals surface area (Å²) in [5.41, 5.74) is 1.89. The number of carbonyl (C=O) groups excluding carboxylic acids is 1. The molecule has 1 unspecified atom stereocenters. The third-order valence-electron chi connectivity index (χ3n) is 6.04. The lowest BCUT2D eigenvalue weighted by molar-refractivity contribution is -0.144. The minimum atomic E-state index is -0.795. The SMILES string of the molecule is Cc1cc(C)nc(Nc2cc(C3CCCN(C(=O)C4(C#N)CCC4)C3)nc(C)n2)n1. The number of aryl methyl sites for hydroxylation is 3. The zero-order valence-electron chi connectivity index (χ0n) is 17.8. The summed E-state index contributed by atoms with van der Waals surface area (Å²) in [5.74, 6) is 1.95. The minimum Gasteiger partial charge on any atom is -0.341 e.